The second-order valence-electron chi connectivity index (χ2n) is 6.37. The van der Waals surface area contributed by atoms with Crippen LogP contribution in [0, 0.1) is 23.2 Å². The molecule has 0 aromatic carbocycles. The average molecular weight is 250 g/mol. The third-order valence-corrected chi connectivity index (χ3v) is 4.09. The smallest absolute Gasteiger partial charge is 0.317 e. The molecule has 1 saturated heterocycles. The zero-order chi connectivity index (χ0) is 13.3. The number of hydrogen-bond donors (Lipinski definition) is 0. The Balaban J connectivity index is 1.79. The van der Waals surface area contributed by atoms with Gasteiger partial charge in [-0.2, -0.15) is 0 Å². The van der Waals surface area contributed by atoms with E-state index >= 15 is 0 Å². The zero-order valence-corrected chi connectivity index (χ0v) is 11.4. The molecule has 3 atom stereocenters. The highest BCUT2D eigenvalue weighted by Crippen LogP contribution is 2.56. The lowest BCUT2D eigenvalue weighted by molar-refractivity contribution is -0.153. The lowest BCUT2D eigenvalue weighted by atomic mass is 9.97. The van der Waals surface area contributed by atoms with Gasteiger partial charge in [-0.15, -0.1) is 0 Å². The van der Waals surface area contributed by atoms with E-state index in [4.69, 9.17) is 0 Å². The molecule has 1 heterocycles. The maximum Gasteiger partial charge on any atom is 0.317 e. The van der Waals surface area contributed by atoms with Crippen LogP contribution in [-0.4, -0.2) is 11.9 Å². The minimum Gasteiger partial charge on any atom is -0.393 e. The number of allylic oxidation sites excluding steroid dienone is 2. The van der Waals surface area contributed by atoms with Crippen molar-refractivity contribution < 1.29 is 14.3 Å². The first-order valence-corrected chi connectivity index (χ1v) is 6.83. The van der Waals surface area contributed by atoms with E-state index in [-0.39, 0.29) is 24.3 Å². The van der Waals surface area contributed by atoms with E-state index in [0.29, 0.717) is 11.8 Å². The van der Waals surface area contributed by atoms with E-state index in [1.807, 2.05) is 0 Å². The van der Waals surface area contributed by atoms with Crippen LogP contribution in [0.5, 0.6) is 0 Å². The molecule has 1 aliphatic heterocycles. The number of cyclic esters (lactones) is 2. The van der Waals surface area contributed by atoms with Gasteiger partial charge in [-0.3, -0.25) is 9.59 Å². The molecule has 3 unspecified atom stereocenters. The van der Waals surface area contributed by atoms with Crippen molar-refractivity contribution >= 4 is 11.9 Å². The molecule has 0 amide bonds. The van der Waals surface area contributed by atoms with Crippen LogP contribution in [0.4, 0.5) is 0 Å². The number of hydrogen-bond acceptors (Lipinski definition) is 3. The number of carbonyl (C=O) groups excluding carboxylic acids is 2. The lowest BCUT2D eigenvalue weighted by Crippen LogP contribution is -2.06. The van der Waals surface area contributed by atoms with Crippen molar-refractivity contribution in [2.75, 3.05) is 0 Å². The Kier molecular flexibility index (Phi) is 3.60. The summed E-state index contributed by atoms with van der Waals surface area (Å²) in [6.45, 7) is 6.78. The molecule has 0 radical (unpaired) electrons. The number of esters is 2. The molecule has 0 aromatic rings. The highest BCUT2D eigenvalue weighted by Gasteiger charge is 2.47. The molecule has 0 spiro atoms. The minimum atomic E-state index is -0.381. The van der Waals surface area contributed by atoms with Gasteiger partial charge in [0.1, 0.15) is 0 Å². The van der Waals surface area contributed by atoms with Gasteiger partial charge >= 0.3 is 11.9 Å². The molecular weight excluding hydrogens is 228 g/mol. The second-order valence-corrected chi connectivity index (χ2v) is 6.37. The van der Waals surface area contributed by atoms with Gasteiger partial charge in [-0.1, -0.05) is 32.9 Å². The molecule has 1 saturated carbocycles. The molecule has 2 rings (SSSR count). The van der Waals surface area contributed by atoms with E-state index in [1.165, 1.54) is 12.8 Å². The van der Waals surface area contributed by atoms with Crippen LogP contribution in [-0.2, 0) is 14.3 Å². The third-order valence-electron chi connectivity index (χ3n) is 4.09. The van der Waals surface area contributed by atoms with E-state index in [1.54, 1.807) is 0 Å². The molecule has 3 nitrogen and oxygen atoms in total. The van der Waals surface area contributed by atoms with Crippen LogP contribution in [0.25, 0.3) is 0 Å². The maximum atomic E-state index is 11.3. The summed E-state index contributed by atoms with van der Waals surface area (Å²) < 4.78 is 4.53. The van der Waals surface area contributed by atoms with Gasteiger partial charge in [0.05, 0.1) is 12.3 Å². The molecule has 0 bridgehead atoms. The van der Waals surface area contributed by atoms with Crippen LogP contribution < -0.4 is 0 Å². The lowest BCUT2D eigenvalue weighted by Gasteiger charge is -2.08. The van der Waals surface area contributed by atoms with Gasteiger partial charge < -0.3 is 4.74 Å². The predicted molar refractivity (Wildman–Crippen MR) is 68.6 cm³/mol. The molecule has 1 aliphatic carbocycles. The largest absolute Gasteiger partial charge is 0.393 e. The first kappa shape index (κ1) is 13.3. The SMILES string of the molecule is CC(C)CC1CC1(C)/C=C/CC1CC(=O)OC1=O. The van der Waals surface area contributed by atoms with Crippen LogP contribution in [0.15, 0.2) is 12.2 Å². The predicted octanol–water partition coefficient (Wildman–Crippen LogP) is 3.09. The fourth-order valence-corrected chi connectivity index (χ4v) is 2.80. The summed E-state index contributed by atoms with van der Waals surface area (Å²) in [5, 5.41) is 0. The number of rotatable bonds is 5. The molecule has 18 heavy (non-hydrogen) atoms. The summed E-state index contributed by atoms with van der Waals surface area (Å²) in [7, 11) is 0. The number of ether oxygens (including phenoxy) is 1. The van der Waals surface area contributed by atoms with Crippen molar-refractivity contribution in [2.24, 2.45) is 23.2 Å². The average Bonchev–Trinajstić information content (AvgIpc) is 2.73. The van der Waals surface area contributed by atoms with Crippen LogP contribution >= 0.6 is 0 Å². The zero-order valence-electron chi connectivity index (χ0n) is 11.4. The van der Waals surface area contributed by atoms with Gasteiger partial charge in [-0.25, -0.2) is 0 Å². The highest BCUT2D eigenvalue weighted by molar-refractivity contribution is 5.94. The van der Waals surface area contributed by atoms with Crippen molar-refractivity contribution in [3.05, 3.63) is 12.2 Å². The Morgan fingerprint density at radius 3 is 2.72 bits per heavy atom. The Morgan fingerprint density at radius 1 is 1.44 bits per heavy atom. The Labute approximate surface area is 109 Å². The summed E-state index contributed by atoms with van der Waals surface area (Å²) in [6, 6.07) is 0. The Hall–Kier alpha value is -1.12. The Bertz CT molecular complexity index is 383. The van der Waals surface area contributed by atoms with Gasteiger partial charge in [0.2, 0.25) is 0 Å². The van der Waals surface area contributed by atoms with Crippen molar-refractivity contribution in [1.29, 1.82) is 0 Å². The van der Waals surface area contributed by atoms with E-state index in [0.717, 1.165) is 11.8 Å². The van der Waals surface area contributed by atoms with Gasteiger partial charge in [0.15, 0.2) is 0 Å². The van der Waals surface area contributed by atoms with Crippen LogP contribution in [0.1, 0.15) is 46.5 Å². The van der Waals surface area contributed by atoms with Crippen molar-refractivity contribution in [1.82, 2.24) is 0 Å². The molecule has 0 aromatic heterocycles. The Morgan fingerprint density at radius 2 is 2.17 bits per heavy atom. The van der Waals surface area contributed by atoms with Crippen LogP contribution in [0.3, 0.4) is 0 Å². The summed E-state index contributed by atoms with van der Waals surface area (Å²) in [5.74, 6) is 0.538. The van der Waals surface area contributed by atoms with Gasteiger partial charge in [-0.05, 0) is 36.5 Å². The number of carbonyl (C=O) groups is 2. The second kappa shape index (κ2) is 4.87. The van der Waals surface area contributed by atoms with E-state index in [9.17, 15) is 9.59 Å². The quantitative estimate of drug-likeness (QED) is 0.428. The molecule has 3 heteroatoms. The van der Waals surface area contributed by atoms with Gasteiger partial charge in [0.25, 0.3) is 0 Å². The van der Waals surface area contributed by atoms with Crippen molar-refractivity contribution in [2.45, 2.75) is 46.5 Å². The maximum absolute atomic E-state index is 11.3. The van der Waals surface area contributed by atoms with Crippen molar-refractivity contribution in [3.8, 4) is 0 Å². The highest BCUT2D eigenvalue weighted by atomic mass is 16.6. The normalized spacial score (nSPS) is 35.6. The first-order valence-electron chi connectivity index (χ1n) is 6.83. The molecule has 0 N–H and O–H groups in total. The van der Waals surface area contributed by atoms with E-state index < -0.39 is 0 Å². The monoisotopic (exact) mass is 250 g/mol. The standard InChI is InChI=1S/C15H22O3/c1-10(2)7-12-9-15(12,3)6-4-5-11-8-13(16)18-14(11)17/h4,6,10-12H,5,7-9H2,1-3H3/b6-4+. The molecular formula is C15H22O3. The molecule has 100 valence electrons. The topological polar surface area (TPSA) is 43.4 Å². The molecule has 2 fully saturated rings. The van der Waals surface area contributed by atoms with Gasteiger partial charge in [0, 0.05) is 0 Å². The summed E-state index contributed by atoms with van der Waals surface area (Å²) in [5.41, 5.74) is 0.316. The van der Waals surface area contributed by atoms with Crippen LogP contribution in [0.2, 0.25) is 0 Å². The summed E-state index contributed by atoms with van der Waals surface area (Å²) in [4.78, 5) is 22.2. The summed E-state index contributed by atoms with van der Waals surface area (Å²) >= 11 is 0. The van der Waals surface area contributed by atoms with E-state index in [2.05, 4.69) is 37.7 Å². The van der Waals surface area contributed by atoms with Crippen molar-refractivity contribution in [3.63, 3.8) is 0 Å². The summed E-state index contributed by atoms with van der Waals surface area (Å²) in [6.07, 6.45) is 7.69. The third kappa shape index (κ3) is 3.01. The molecule has 2 aliphatic rings. The fourth-order valence-electron chi connectivity index (χ4n) is 2.80. The minimum absolute atomic E-state index is 0.245. The first-order chi connectivity index (χ1) is 8.40. The fraction of sp³-hybridized carbons (Fsp3) is 0.733.